The van der Waals surface area contributed by atoms with Crippen LogP contribution < -0.4 is 9.74 Å². The molecule has 0 saturated heterocycles. The molecule has 1 heterocycles. The number of nitrogens with zero attached hydrogens (tertiary/aromatic N) is 1. The van der Waals surface area contributed by atoms with Gasteiger partial charge in [0.05, 0.1) is 5.69 Å². The predicted molar refractivity (Wildman–Crippen MR) is 62.7 cm³/mol. The second kappa shape index (κ2) is 4.61. The van der Waals surface area contributed by atoms with Crippen molar-refractivity contribution in [3.05, 3.63) is 59.0 Å². The second-order valence-corrected chi connectivity index (χ2v) is 4.34. The van der Waals surface area contributed by atoms with Crippen LogP contribution in [0.25, 0.3) is 5.69 Å². The SMILES string of the molecule is O=c1ccccn1-c1cccc(OS(=O)(=O)F)c1. The molecule has 0 amide bonds. The minimum atomic E-state index is -5.07. The lowest BCUT2D eigenvalue weighted by Crippen LogP contribution is -2.15. The van der Waals surface area contributed by atoms with Gasteiger partial charge in [0.15, 0.2) is 0 Å². The molecular formula is C11H8FNO4S. The first-order valence-corrected chi connectivity index (χ1v) is 6.19. The molecular weight excluding hydrogens is 261 g/mol. The maximum atomic E-state index is 12.4. The Morgan fingerprint density at radius 1 is 1.11 bits per heavy atom. The zero-order valence-electron chi connectivity index (χ0n) is 8.99. The molecule has 0 aliphatic rings. The molecule has 2 aromatic rings. The van der Waals surface area contributed by atoms with Gasteiger partial charge in [-0.15, -0.1) is 0 Å². The van der Waals surface area contributed by atoms with E-state index in [1.165, 1.54) is 35.0 Å². The largest absolute Gasteiger partial charge is 0.488 e. The van der Waals surface area contributed by atoms with Crippen LogP contribution in [0.4, 0.5) is 3.89 Å². The summed E-state index contributed by atoms with van der Waals surface area (Å²) in [5.41, 5.74) is 0.0829. The Kier molecular flexibility index (Phi) is 3.15. The van der Waals surface area contributed by atoms with Gasteiger partial charge in [0.2, 0.25) is 0 Å². The number of benzene rings is 1. The molecule has 0 fully saturated rings. The molecule has 18 heavy (non-hydrogen) atoms. The van der Waals surface area contributed by atoms with Gasteiger partial charge in [-0.3, -0.25) is 9.36 Å². The van der Waals surface area contributed by atoms with E-state index in [0.717, 1.165) is 0 Å². The molecule has 0 bridgehead atoms. The zero-order chi connectivity index (χ0) is 13.2. The smallest absolute Gasteiger partial charge is 0.358 e. The molecule has 0 radical (unpaired) electrons. The van der Waals surface area contributed by atoms with Crippen LogP contribution in [0.5, 0.6) is 5.75 Å². The molecule has 0 N–H and O–H groups in total. The Labute approximate surface area is 102 Å². The van der Waals surface area contributed by atoms with Gasteiger partial charge in [-0.25, -0.2) is 0 Å². The minimum Gasteiger partial charge on any atom is -0.358 e. The highest BCUT2D eigenvalue weighted by Gasteiger charge is 2.10. The van der Waals surface area contributed by atoms with Crippen LogP contribution in [-0.2, 0) is 10.5 Å². The van der Waals surface area contributed by atoms with Crippen molar-refractivity contribution < 1.29 is 16.5 Å². The summed E-state index contributed by atoms with van der Waals surface area (Å²) < 4.78 is 38.5. The van der Waals surface area contributed by atoms with E-state index < -0.39 is 10.5 Å². The van der Waals surface area contributed by atoms with E-state index in [4.69, 9.17) is 0 Å². The van der Waals surface area contributed by atoms with Crippen molar-refractivity contribution >= 4 is 10.5 Å². The fourth-order valence-electron chi connectivity index (χ4n) is 1.44. The maximum absolute atomic E-state index is 12.4. The van der Waals surface area contributed by atoms with Crippen molar-refractivity contribution in [1.82, 2.24) is 4.57 Å². The number of hydrogen-bond acceptors (Lipinski definition) is 4. The zero-order valence-corrected chi connectivity index (χ0v) is 9.80. The van der Waals surface area contributed by atoms with Crippen molar-refractivity contribution in [1.29, 1.82) is 0 Å². The number of rotatable bonds is 3. The molecule has 0 unspecified atom stereocenters. The topological polar surface area (TPSA) is 65.4 Å². The summed E-state index contributed by atoms with van der Waals surface area (Å²) in [4.78, 5) is 11.5. The van der Waals surface area contributed by atoms with E-state index in [1.54, 1.807) is 18.2 Å². The van der Waals surface area contributed by atoms with Crippen LogP contribution in [0.15, 0.2) is 53.5 Å². The summed E-state index contributed by atoms with van der Waals surface area (Å²) in [6.45, 7) is 0. The summed E-state index contributed by atoms with van der Waals surface area (Å²) >= 11 is 0. The Hall–Kier alpha value is -2.15. The third-order valence-corrected chi connectivity index (χ3v) is 2.51. The summed E-state index contributed by atoms with van der Waals surface area (Å²) in [5, 5.41) is 0. The first kappa shape index (κ1) is 12.3. The summed E-state index contributed by atoms with van der Waals surface area (Å²) in [7, 11) is -5.07. The molecule has 0 atom stereocenters. The lowest BCUT2D eigenvalue weighted by Gasteiger charge is -2.06. The second-order valence-electron chi connectivity index (χ2n) is 3.38. The van der Waals surface area contributed by atoms with Crippen LogP contribution in [0, 0.1) is 0 Å². The van der Waals surface area contributed by atoms with Crippen molar-refractivity contribution in [2.75, 3.05) is 0 Å². The van der Waals surface area contributed by atoms with E-state index in [-0.39, 0.29) is 11.3 Å². The molecule has 94 valence electrons. The minimum absolute atomic E-state index is 0.203. The molecule has 5 nitrogen and oxygen atoms in total. The number of hydrogen-bond donors (Lipinski definition) is 0. The van der Waals surface area contributed by atoms with Gasteiger partial charge in [0.1, 0.15) is 5.75 Å². The highest BCUT2D eigenvalue weighted by atomic mass is 32.3. The van der Waals surface area contributed by atoms with Crippen LogP contribution in [0.1, 0.15) is 0 Å². The Balaban J connectivity index is 2.46. The van der Waals surface area contributed by atoms with E-state index in [9.17, 15) is 17.1 Å². The number of halogens is 1. The summed E-state index contributed by atoms with van der Waals surface area (Å²) in [6.07, 6.45) is 1.51. The van der Waals surface area contributed by atoms with Gasteiger partial charge in [0, 0.05) is 18.3 Å². The average Bonchev–Trinajstić information content (AvgIpc) is 2.27. The highest BCUT2D eigenvalue weighted by molar-refractivity contribution is 7.81. The van der Waals surface area contributed by atoms with Crippen molar-refractivity contribution in [2.24, 2.45) is 0 Å². The van der Waals surface area contributed by atoms with Crippen molar-refractivity contribution in [3.8, 4) is 11.4 Å². The monoisotopic (exact) mass is 269 g/mol. The Morgan fingerprint density at radius 3 is 2.56 bits per heavy atom. The maximum Gasteiger partial charge on any atom is 0.488 e. The molecule has 7 heteroatoms. The van der Waals surface area contributed by atoms with E-state index >= 15 is 0 Å². The first-order chi connectivity index (χ1) is 8.46. The molecule has 0 aliphatic carbocycles. The van der Waals surface area contributed by atoms with Gasteiger partial charge in [0.25, 0.3) is 5.56 Å². The normalized spacial score (nSPS) is 11.2. The lowest BCUT2D eigenvalue weighted by atomic mass is 10.3. The number of aromatic nitrogens is 1. The van der Waals surface area contributed by atoms with Gasteiger partial charge in [-0.1, -0.05) is 16.0 Å². The third-order valence-electron chi connectivity index (χ3n) is 2.11. The third kappa shape index (κ3) is 2.95. The molecule has 1 aromatic carbocycles. The van der Waals surface area contributed by atoms with Gasteiger partial charge < -0.3 is 4.18 Å². The fourth-order valence-corrected chi connectivity index (χ4v) is 1.77. The van der Waals surface area contributed by atoms with E-state index in [1.807, 2.05) is 0 Å². The van der Waals surface area contributed by atoms with E-state index in [2.05, 4.69) is 4.18 Å². The van der Waals surface area contributed by atoms with Crippen molar-refractivity contribution in [2.45, 2.75) is 0 Å². The molecule has 0 saturated carbocycles. The van der Waals surface area contributed by atoms with E-state index in [0.29, 0.717) is 5.69 Å². The molecule has 0 aliphatic heterocycles. The summed E-state index contributed by atoms with van der Waals surface area (Å²) in [6, 6.07) is 10.1. The molecule has 1 aromatic heterocycles. The molecule has 2 rings (SSSR count). The first-order valence-electron chi connectivity index (χ1n) is 4.88. The lowest BCUT2D eigenvalue weighted by molar-refractivity contribution is 0.440. The molecule has 0 spiro atoms. The van der Waals surface area contributed by atoms with Gasteiger partial charge in [-0.2, -0.15) is 8.42 Å². The quantitative estimate of drug-likeness (QED) is 0.791. The van der Waals surface area contributed by atoms with Gasteiger partial charge >= 0.3 is 10.5 Å². The van der Waals surface area contributed by atoms with Crippen LogP contribution in [0.2, 0.25) is 0 Å². The van der Waals surface area contributed by atoms with Gasteiger partial charge in [-0.05, 0) is 18.2 Å². The Bertz CT molecular complexity index is 724. The fraction of sp³-hybridized carbons (Fsp3) is 0. The van der Waals surface area contributed by atoms with Crippen LogP contribution in [-0.4, -0.2) is 13.0 Å². The predicted octanol–water partition coefficient (Wildman–Crippen LogP) is 1.43. The van der Waals surface area contributed by atoms with Crippen LogP contribution in [0.3, 0.4) is 0 Å². The number of pyridine rings is 1. The van der Waals surface area contributed by atoms with Crippen LogP contribution >= 0.6 is 0 Å². The van der Waals surface area contributed by atoms with Crippen molar-refractivity contribution in [3.63, 3.8) is 0 Å². The summed E-state index contributed by atoms with van der Waals surface area (Å²) in [5.74, 6) is -0.203. The standard InChI is InChI=1S/C11H8FNO4S/c12-18(15,16)17-10-5-3-4-9(8-10)13-7-2-1-6-11(13)14/h1-8H. The highest BCUT2D eigenvalue weighted by Crippen LogP contribution is 2.17. The Morgan fingerprint density at radius 2 is 1.89 bits per heavy atom. The average molecular weight is 269 g/mol.